The van der Waals surface area contributed by atoms with Crippen LogP contribution in [0.25, 0.3) is 0 Å². The van der Waals surface area contributed by atoms with Gasteiger partial charge in [-0.1, -0.05) is 32.9 Å². The summed E-state index contributed by atoms with van der Waals surface area (Å²) < 4.78 is 0. The van der Waals surface area contributed by atoms with Crippen LogP contribution in [0, 0.1) is 0 Å². The zero-order valence-corrected chi connectivity index (χ0v) is 12.4. The number of aliphatic carboxylic acids is 1. The SMILES string of the molecule is CN(CC(=O)O)CC(=O)Nc1ccc(C(C)(C)C)cc1. The number of carboxylic acids is 1. The standard InChI is InChI=1S/C15H22N2O3/c1-15(2,3)11-5-7-12(8-6-11)16-13(18)9-17(4)10-14(19)20/h5-8H,9-10H2,1-4H3,(H,16,18)(H,19,20). The number of carboxylic acid groups (broad SMARTS) is 1. The second kappa shape index (κ2) is 6.52. The van der Waals surface area contributed by atoms with Crippen molar-refractivity contribution in [3.05, 3.63) is 29.8 Å². The topological polar surface area (TPSA) is 69.6 Å². The molecule has 1 rings (SSSR count). The Morgan fingerprint density at radius 3 is 2.15 bits per heavy atom. The molecule has 0 aliphatic rings. The fraction of sp³-hybridized carbons (Fsp3) is 0.467. The fourth-order valence-corrected chi connectivity index (χ4v) is 1.79. The highest BCUT2D eigenvalue weighted by atomic mass is 16.4. The number of nitrogens with one attached hydrogen (secondary N) is 1. The third-order valence-corrected chi connectivity index (χ3v) is 2.85. The summed E-state index contributed by atoms with van der Waals surface area (Å²) in [6.45, 7) is 6.27. The van der Waals surface area contributed by atoms with E-state index >= 15 is 0 Å². The molecule has 0 spiro atoms. The number of nitrogens with zero attached hydrogens (tertiary/aromatic N) is 1. The number of amides is 1. The lowest BCUT2D eigenvalue weighted by Gasteiger charge is -2.19. The number of carbonyl (C=O) groups excluding carboxylic acids is 1. The maximum Gasteiger partial charge on any atom is 0.317 e. The summed E-state index contributed by atoms with van der Waals surface area (Å²) in [6.07, 6.45) is 0. The van der Waals surface area contributed by atoms with Gasteiger partial charge in [0.15, 0.2) is 0 Å². The van der Waals surface area contributed by atoms with Gasteiger partial charge in [0.1, 0.15) is 0 Å². The summed E-state index contributed by atoms with van der Waals surface area (Å²) in [5, 5.41) is 11.4. The molecule has 0 aliphatic carbocycles. The van der Waals surface area contributed by atoms with Crippen molar-refractivity contribution >= 4 is 17.6 Å². The molecular weight excluding hydrogens is 256 g/mol. The molecule has 0 unspecified atom stereocenters. The summed E-state index contributed by atoms with van der Waals surface area (Å²) in [5.41, 5.74) is 1.98. The number of carbonyl (C=O) groups is 2. The molecule has 0 aromatic heterocycles. The van der Waals surface area contributed by atoms with E-state index in [1.165, 1.54) is 10.5 Å². The lowest BCUT2D eigenvalue weighted by molar-refractivity contribution is -0.138. The highest BCUT2D eigenvalue weighted by Gasteiger charge is 2.14. The minimum atomic E-state index is -0.949. The normalized spacial score (nSPS) is 11.4. The molecule has 0 atom stereocenters. The minimum absolute atomic E-state index is 0.0489. The summed E-state index contributed by atoms with van der Waals surface area (Å²) >= 11 is 0. The summed E-state index contributed by atoms with van der Waals surface area (Å²) in [5.74, 6) is -1.17. The Morgan fingerprint density at radius 1 is 1.15 bits per heavy atom. The number of rotatable bonds is 5. The van der Waals surface area contributed by atoms with Crippen LogP contribution >= 0.6 is 0 Å². The first-order chi connectivity index (χ1) is 9.18. The van der Waals surface area contributed by atoms with Crippen LogP contribution in [0.3, 0.4) is 0 Å². The van der Waals surface area contributed by atoms with Crippen molar-refractivity contribution < 1.29 is 14.7 Å². The summed E-state index contributed by atoms with van der Waals surface area (Å²) in [6, 6.07) is 7.68. The van der Waals surface area contributed by atoms with Crippen molar-refractivity contribution in [2.75, 3.05) is 25.5 Å². The molecule has 2 N–H and O–H groups in total. The monoisotopic (exact) mass is 278 g/mol. The summed E-state index contributed by atoms with van der Waals surface area (Å²) in [4.78, 5) is 23.7. The largest absolute Gasteiger partial charge is 0.480 e. The van der Waals surface area contributed by atoms with E-state index in [-0.39, 0.29) is 24.4 Å². The molecule has 0 aliphatic heterocycles. The van der Waals surface area contributed by atoms with Crippen molar-refractivity contribution in [2.24, 2.45) is 0 Å². The fourth-order valence-electron chi connectivity index (χ4n) is 1.79. The highest BCUT2D eigenvalue weighted by molar-refractivity contribution is 5.92. The molecule has 1 aromatic rings. The van der Waals surface area contributed by atoms with Crippen molar-refractivity contribution in [1.82, 2.24) is 4.90 Å². The van der Waals surface area contributed by atoms with E-state index in [9.17, 15) is 9.59 Å². The van der Waals surface area contributed by atoms with Gasteiger partial charge < -0.3 is 10.4 Å². The second-order valence-corrected chi connectivity index (χ2v) is 5.94. The average molecular weight is 278 g/mol. The molecule has 110 valence electrons. The Kier molecular flexibility index (Phi) is 5.27. The van der Waals surface area contributed by atoms with E-state index in [0.29, 0.717) is 5.69 Å². The Morgan fingerprint density at radius 2 is 1.70 bits per heavy atom. The van der Waals surface area contributed by atoms with E-state index in [1.54, 1.807) is 7.05 Å². The van der Waals surface area contributed by atoms with Crippen LogP contribution in [-0.2, 0) is 15.0 Å². The second-order valence-electron chi connectivity index (χ2n) is 5.94. The van der Waals surface area contributed by atoms with E-state index in [1.807, 2.05) is 24.3 Å². The lowest BCUT2D eigenvalue weighted by Crippen LogP contribution is -2.33. The van der Waals surface area contributed by atoms with Gasteiger partial charge in [-0.15, -0.1) is 0 Å². The van der Waals surface area contributed by atoms with Gasteiger partial charge in [0.05, 0.1) is 13.1 Å². The number of hydrogen-bond acceptors (Lipinski definition) is 3. The van der Waals surface area contributed by atoms with Crippen molar-refractivity contribution in [1.29, 1.82) is 0 Å². The molecule has 5 heteroatoms. The maximum atomic E-state index is 11.7. The van der Waals surface area contributed by atoms with Crippen LogP contribution < -0.4 is 5.32 Å². The maximum absolute atomic E-state index is 11.7. The van der Waals surface area contributed by atoms with Crippen molar-refractivity contribution in [3.8, 4) is 0 Å². The number of anilines is 1. The Bertz CT molecular complexity index is 475. The van der Waals surface area contributed by atoms with Crippen LogP contribution in [0.5, 0.6) is 0 Å². The van der Waals surface area contributed by atoms with Gasteiger partial charge in [-0.2, -0.15) is 0 Å². The predicted molar refractivity (Wildman–Crippen MR) is 78.9 cm³/mol. The molecule has 0 heterocycles. The molecule has 0 radical (unpaired) electrons. The first-order valence-corrected chi connectivity index (χ1v) is 6.49. The van der Waals surface area contributed by atoms with E-state index < -0.39 is 5.97 Å². The van der Waals surface area contributed by atoms with E-state index in [2.05, 4.69) is 26.1 Å². The highest BCUT2D eigenvalue weighted by Crippen LogP contribution is 2.23. The summed E-state index contributed by atoms with van der Waals surface area (Å²) in [7, 11) is 1.59. The number of likely N-dealkylation sites (N-methyl/N-ethyl adjacent to an activating group) is 1. The van der Waals surface area contributed by atoms with Crippen molar-refractivity contribution in [3.63, 3.8) is 0 Å². The third kappa shape index (κ3) is 5.40. The molecule has 0 bridgehead atoms. The first kappa shape index (κ1) is 16.2. The van der Waals surface area contributed by atoms with E-state index in [4.69, 9.17) is 5.11 Å². The van der Waals surface area contributed by atoms with Crippen molar-refractivity contribution in [2.45, 2.75) is 26.2 Å². The predicted octanol–water partition coefficient (Wildman–Crippen LogP) is 1.94. The number of hydrogen-bond donors (Lipinski definition) is 2. The molecule has 0 fully saturated rings. The molecule has 1 aromatic carbocycles. The Balaban J connectivity index is 2.56. The quantitative estimate of drug-likeness (QED) is 0.863. The molecular formula is C15H22N2O3. The molecule has 5 nitrogen and oxygen atoms in total. The minimum Gasteiger partial charge on any atom is -0.480 e. The van der Waals surface area contributed by atoms with Gasteiger partial charge in [0, 0.05) is 5.69 Å². The van der Waals surface area contributed by atoms with Gasteiger partial charge >= 0.3 is 5.97 Å². The molecule has 1 amide bonds. The molecule has 20 heavy (non-hydrogen) atoms. The molecule has 0 saturated carbocycles. The van der Waals surface area contributed by atoms with Crippen LogP contribution in [0.1, 0.15) is 26.3 Å². The average Bonchev–Trinajstić information content (AvgIpc) is 2.26. The third-order valence-electron chi connectivity index (χ3n) is 2.85. The van der Waals surface area contributed by atoms with E-state index in [0.717, 1.165) is 0 Å². The van der Waals surface area contributed by atoms with Crippen LogP contribution in [0.4, 0.5) is 5.69 Å². The zero-order valence-electron chi connectivity index (χ0n) is 12.4. The Hall–Kier alpha value is -1.88. The first-order valence-electron chi connectivity index (χ1n) is 6.49. The Labute approximate surface area is 119 Å². The van der Waals surface area contributed by atoms with Crippen LogP contribution in [0.15, 0.2) is 24.3 Å². The van der Waals surface area contributed by atoms with Gasteiger partial charge in [-0.3, -0.25) is 14.5 Å². The van der Waals surface area contributed by atoms with Crippen LogP contribution in [0.2, 0.25) is 0 Å². The smallest absolute Gasteiger partial charge is 0.317 e. The van der Waals surface area contributed by atoms with Gasteiger partial charge in [-0.25, -0.2) is 0 Å². The van der Waals surface area contributed by atoms with Crippen LogP contribution in [-0.4, -0.2) is 42.0 Å². The zero-order chi connectivity index (χ0) is 15.3. The molecule has 0 saturated heterocycles. The van der Waals surface area contributed by atoms with Gasteiger partial charge in [0.25, 0.3) is 0 Å². The lowest BCUT2D eigenvalue weighted by atomic mass is 9.87. The van der Waals surface area contributed by atoms with Gasteiger partial charge in [-0.05, 0) is 30.2 Å². The van der Waals surface area contributed by atoms with Gasteiger partial charge in [0.2, 0.25) is 5.91 Å². The number of benzene rings is 1.